The molecule has 0 unspecified atom stereocenters. The van der Waals surface area contributed by atoms with Gasteiger partial charge in [-0.25, -0.2) is 4.98 Å². The number of hydrogen-bond donors (Lipinski definition) is 1. The molecule has 1 heterocycles. The Hall–Kier alpha value is 0.132. The van der Waals surface area contributed by atoms with Gasteiger partial charge in [0.25, 0.3) is 0 Å². The van der Waals surface area contributed by atoms with Gasteiger partial charge in [0.1, 0.15) is 0 Å². The topological polar surface area (TPSA) is 28.7 Å². The van der Waals surface area contributed by atoms with E-state index in [2.05, 4.69) is 9.97 Å². The first-order valence-corrected chi connectivity index (χ1v) is 1.43. The number of nitrogens with zero attached hydrogens (tertiary/aromatic N) is 1. The molecule has 0 aromatic carbocycles. The Kier molecular flexibility index (Phi) is 3.40. The molecule has 3 heteroatoms. The Morgan fingerprint density at radius 2 is 2.33 bits per heavy atom. The molecule has 0 aliphatic rings. The summed E-state index contributed by atoms with van der Waals surface area (Å²) in [7, 11) is 0. The maximum Gasteiger partial charge on any atom is 0.0919 e. The SMILES string of the molecule is [Pb].c1c[nH]cn1. The summed E-state index contributed by atoms with van der Waals surface area (Å²) in [4.78, 5) is 6.42. The van der Waals surface area contributed by atoms with Crippen molar-refractivity contribution >= 4 is 27.3 Å². The van der Waals surface area contributed by atoms with Gasteiger partial charge in [-0.05, 0) is 0 Å². The average Bonchev–Trinajstić information content (AvgIpc) is 1.76. The molecular formula is C3H4N2Pb. The molecule has 0 spiro atoms. The van der Waals surface area contributed by atoms with E-state index in [0.29, 0.717) is 0 Å². The van der Waals surface area contributed by atoms with Gasteiger partial charge in [0.2, 0.25) is 0 Å². The molecule has 1 aromatic rings. The van der Waals surface area contributed by atoms with Crippen molar-refractivity contribution in [2.24, 2.45) is 0 Å². The van der Waals surface area contributed by atoms with Crippen molar-refractivity contribution in [3.63, 3.8) is 0 Å². The van der Waals surface area contributed by atoms with E-state index < -0.39 is 0 Å². The summed E-state index contributed by atoms with van der Waals surface area (Å²) in [6, 6.07) is 0. The van der Waals surface area contributed by atoms with Crippen LogP contribution in [0.2, 0.25) is 0 Å². The van der Waals surface area contributed by atoms with Crippen molar-refractivity contribution in [1.29, 1.82) is 0 Å². The molecule has 0 amide bonds. The van der Waals surface area contributed by atoms with E-state index in [0.717, 1.165) is 0 Å². The van der Waals surface area contributed by atoms with E-state index in [1.807, 2.05) is 0 Å². The fourth-order valence-electron chi connectivity index (χ4n) is 0.215. The molecule has 1 aromatic heterocycles. The normalized spacial score (nSPS) is 6.67. The maximum atomic E-state index is 3.67. The van der Waals surface area contributed by atoms with Crippen LogP contribution in [0.4, 0.5) is 0 Å². The second-order valence-corrected chi connectivity index (χ2v) is 0.761. The molecule has 2 nitrogen and oxygen atoms in total. The molecule has 30 valence electrons. The van der Waals surface area contributed by atoms with Crippen molar-refractivity contribution in [1.82, 2.24) is 9.97 Å². The predicted octanol–water partition coefficient (Wildman–Crippen LogP) is 0.0289. The Morgan fingerprint density at radius 3 is 2.50 bits per heavy atom. The van der Waals surface area contributed by atoms with E-state index in [4.69, 9.17) is 0 Å². The van der Waals surface area contributed by atoms with Gasteiger partial charge in [0.05, 0.1) is 6.33 Å². The molecule has 6 heavy (non-hydrogen) atoms. The summed E-state index contributed by atoms with van der Waals surface area (Å²) in [6.07, 6.45) is 5.08. The van der Waals surface area contributed by atoms with Crippen LogP contribution in [0.5, 0.6) is 0 Å². The van der Waals surface area contributed by atoms with E-state index in [1.165, 1.54) is 0 Å². The third-order valence-electron chi connectivity index (χ3n) is 0.406. The standard InChI is InChI=1S/C3H4N2.Pb/c1-2-5-3-4-1;/h1-3H,(H,4,5);. The third-order valence-corrected chi connectivity index (χ3v) is 0.406. The smallest absolute Gasteiger partial charge is 0.0919 e. The molecule has 0 aliphatic carbocycles. The quantitative estimate of drug-likeness (QED) is 0.665. The Balaban J connectivity index is 0.000000250. The summed E-state index contributed by atoms with van der Waals surface area (Å²) in [5.41, 5.74) is 0. The molecule has 1 rings (SSSR count). The monoisotopic (exact) mass is 276 g/mol. The number of aromatic nitrogens is 2. The van der Waals surface area contributed by atoms with Gasteiger partial charge in [0, 0.05) is 39.7 Å². The van der Waals surface area contributed by atoms with Crippen molar-refractivity contribution in [3.05, 3.63) is 18.7 Å². The van der Waals surface area contributed by atoms with Crippen LogP contribution >= 0.6 is 0 Å². The summed E-state index contributed by atoms with van der Waals surface area (Å²) < 4.78 is 0. The predicted molar refractivity (Wildman–Crippen MR) is 24.3 cm³/mol. The van der Waals surface area contributed by atoms with Crippen LogP contribution in [-0.2, 0) is 0 Å². The Labute approximate surface area is 56.1 Å². The first kappa shape index (κ1) is 6.13. The fourth-order valence-corrected chi connectivity index (χ4v) is 0.215. The fraction of sp³-hybridized carbons (Fsp3) is 0. The molecule has 4 radical (unpaired) electrons. The molecule has 0 atom stereocenters. The molecule has 0 saturated carbocycles. The number of aromatic amines is 1. The zero-order chi connectivity index (χ0) is 3.54. The zero-order valence-electron chi connectivity index (χ0n) is 3.18. The number of hydrogen-bond acceptors (Lipinski definition) is 1. The summed E-state index contributed by atoms with van der Waals surface area (Å²) >= 11 is 0. The van der Waals surface area contributed by atoms with E-state index in [1.54, 1.807) is 18.7 Å². The minimum absolute atomic E-state index is 0. The molecule has 0 aliphatic heterocycles. The van der Waals surface area contributed by atoms with Gasteiger partial charge in [-0.2, -0.15) is 0 Å². The number of nitrogens with one attached hydrogen (secondary N) is 1. The van der Waals surface area contributed by atoms with Crippen molar-refractivity contribution in [3.8, 4) is 0 Å². The first-order chi connectivity index (χ1) is 2.50. The molecule has 1 N–H and O–H groups in total. The van der Waals surface area contributed by atoms with Gasteiger partial charge in [-0.15, -0.1) is 0 Å². The van der Waals surface area contributed by atoms with Crippen molar-refractivity contribution < 1.29 is 0 Å². The summed E-state index contributed by atoms with van der Waals surface area (Å²) in [6.45, 7) is 0. The van der Waals surface area contributed by atoms with Gasteiger partial charge >= 0.3 is 0 Å². The van der Waals surface area contributed by atoms with E-state index in [9.17, 15) is 0 Å². The van der Waals surface area contributed by atoms with Gasteiger partial charge < -0.3 is 4.98 Å². The number of imidazole rings is 1. The average molecular weight is 275 g/mol. The maximum absolute atomic E-state index is 3.67. The second-order valence-electron chi connectivity index (χ2n) is 0.761. The van der Waals surface area contributed by atoms with Crippen LogP contribution in [-0.4, -0.2) is 37.3 Å². The van der Waals surface area contributed by atoms with Gasteiger partial charge in [-0.1, -0.05) is 0 Å². The third kappa shape index (κ3) is 1.54. The van der Waals surface area contributed by atoms with Gasteiger partial charge in [-0.3, -0.25) is 0 Å². The van der Waals surface area contributed by atoms with Gasteiger partial charge in [0.15, 0.2) is 0 Å². The largest absolute Gasteiger partial charge is 0.351 e. The van der Waals surface area contributed by atoms with Crippen LogP contribution in [0.15, 0.2) is 18.7 Å². The minimum atomic E-state index is 0. The van der Waals surface area contributed by atoms with Crippen molar-refractivity contribution in [2.75, 3.05) is 0 Å². The first-order valence-electron chi connectivity index (χ1n) is 1.43. The van der Waals surface area contributed by atoms with Crippen LogP contribution in [0.1, 0.15) is 0 Å². The molecule has 0 saturated heterocycles. The Bertz CT molecular complexity index is 65.3. The second kappa shape index (κ2) is 3.33. The van der Waals surface area contributed by atoms with E-state index >= 15 is 0 Å². The molecule has 0 bridgehead atoms. The van der Waals surface area contributed by atoms with Crippen molar-refractivity contribution in [2.45, 2.75) is 0 Å². The number of H-pyrrole nitrogens is 1. The van der Waals surface area contributed by atoms with Crippen LogP contribution in [0.25, 0.3) is 0 Å². The van der Waals surface area contributed by atoms with E-state index in [-0.39, 0.29) is 27.3 Å². The molecule has 0 fully saturated rings. The minimum Gasteiger partial charge on any atom is -0.351 e. The zero-order valence-corrected chi connectivity index (χ0v) is 7.07. The van der Waals surface area contributed by atoms with Crippen LogP contribution in [0, 0.1) is 0 Å². The summed E-state index contributed by atoms with van der Waals surface area (Å²) in [5, 5.41) is 0. The van der Waals surface area contributed by atoms with Crippen LogP contribution < -0.4 is 0 Å². The van der Waals surface area contributed by atoms with Crippen LogP contribution in [0.3, 0.4) is 0 Å². The summed E-state index contributed by atoms with van der Waals surface area (Å²) in [5.74, 6) is 0. The molecular weight excluding hydrogens is 271 g/mol. The number of rotatable bonds is 0. The Morgan fingerprint density at radius 1 is 1.50 bits per heavy atom.